The maximum absolute atomic E-state index is 11.9. The zero-order valence-corrected chi connectivity index (χ0v) is 12.9. The van der Waals surface area contributed by atoms with Crippen LogP contribution < -0.4 is 5.32 Å². The summed E-state index contributed by atoms with van der Waals surface area (Å²) in [7, 11) is 0. The SMILES string of the molecule is Cc1cccc(NC(=O)CCc2nnc(-c3cccs3)o2)c1. The third kappa shape index (κ3) is 3.59. The molecule has 0 saturated heterocycles. The molecule has 0 aliphatic carbocycles. The summed E-state index contributed by atoms with van der Waals surface area (Å²) in [5.74, 6) is 0.911. The minimum absolute atomic E-state index is 0.0681. The van der Waals surface area contributed by atoms with Gasteiger partial charge in [0.15, 0.2) is 0 Å². The van der Waals surface area contributed by atoms with E-state index in [4.69, 9.17) is 4.42 Å². The quantitative estimate of drug-likeness (QED) is 0.780. The molecule has 0 radical (unpaired) electrons. The van der Waals surface area contributed by atoms with Gasteiger partial charge in [-0.3, -0.25) is 4.79 Å². The minimum atomic E-state index is -0.0681. The fourth-order valence-corrected chi connectivity index (χ4v) is 2.67. The van der Waals surface area contributed by atoms with Crippen LogP contribution >= 0.6 is 11.3 Å². The number of aryl methyl sites for hydroxylation is 2. The molecule has 0 unspecified atom stereocenters. The third-order valence-corrected chi connectivity index (χ3v) is 3.92. The number of benzene rings is 1. The summed E-state index contributed by atoms with van der Waals surface area (Å²) in [5, 5.41) is 12.8. The first-order valence-electron chi connectivity index (χ1n) is 6.93. The smallest absolute Gasteiger partial charge is 0.257 e. The lowest BCUT2D eigenvalue weighted by atomic mass is 10.2. The van der Waals surface area contributed by atoms with E-state index in [9.17, 15) is 4.79 Å². The van der Waals surface area contributed by atoms with Crippen LogP contribution in [0.4, 0.5) is 5.69 Å². The van der Waals surface area contributed by atoms with Crippen LogP contribution in [0.2, 0.25) is 0 Å². The molecule has 0 atom stereocenters. The minimum Gasteiger partial charge on any atom is -0.420 e. The van der Waals surface area contributed by atoms with Crippen LogP contribution in [0.1, 0.15) is 17.9 Å². The molecule has 6 heteroatoms. The van der Waals surface area contributed by atoms with Gasteiger partial charge in [-0.05, 0) is 36.1 Å². The number of anilines is 1. The lowest BCUT2D eigenvalue weighted by Gasteiger charge is -2.04. The largest absolute Gasteiger partial charge is 0.420 e. The van der Waals surface area contributed by atoms with E-state index in [1.54, 1.807) is 11.3 Å². The van der Waals surface area contributed by atoms with Crippen molar-refractivity contribution in [2.24, 2.45) is 0 Å². The lowest BCUT2D eigenvalue weighted by Crippen LogP contribution is -2.12. The van der Waals surface area contributed by atoms with Crippen molar-refractivity contribution in [1.29, 1.82) is 0 Å². The second-order valence-electron chi connectivity index (χ2n) is 4.90. The Labute approximate surface area is 132 Å². The van der Waals surface area contributed by atoms with Crippen LogP contribution in [-0.2, 0) is 11.2 Å². The van der Waals surface area contributed by atoms with Gasteiger partial charge in [-0.15, -0.1) is 21.5 Å². The van der Waals surface area contributed by atoms with Gasteiger partial charge in [-0.25, -0.2) is 0 Å². The van der Waals surface area contributed by atoms with Crippen LogP contribution in [0.15, 0.2) is 46.2 Å². The standard InChI is InChI=1S/C16H15N3O2S/c1-11-4-2-5-12(10-11)17-14(20)7-8-15-18-19-16(21-15)13-6-3-9-22-13/h2-6,9-10H,7-8H2,1H3,(H,17,20). The number of hydrogen-bond acceptors (Lipinski definition) is 5. The number of carbonyl (C=O) groups is 1. The molecule has 0 aliphatic rings. The number of thiophene rings is 1. The Kier molecular flexibility index (Phi) is 4.29. The van der Waals surface area contributed by atoms with Crippen LogP contribution in [-0.4, -0.2) is 16.1 Å². The highest BCUT2D eigenvalue weighted by atomic mass is 32.1. The van der Waals surface area contributed by atoms with Crippen LogP contribution in [0.5, 0.6) is 0 Å². The monoisotopic (exact) mass is 313 g/mol. The molecular weight excluding hydrogens is 298 g/mol. The molecule has 0 bridgehead atoms. The van der Waals surface area contributed by atoms with E-state index in [-0.39, 0.29) is 5.91 Å². The zero-order chi connectivity index (χ0) is 15.4. The summed E-state index contributed by atoms with van der Waals surface area (Å²) in [6.07, 6.45) is 0.732. The second kappa shape index (κ2) is 6.53. The molecule has 112 valence electrons. The number of carbonyl (C=O) groups excluding carboxylic acids is 1. The van der Waals surface area contributed by atoms with Gasteiger partial charge in [-0.1, -0.05) is 18.2 Å². The van der Waals surface area contributed by atoms with Crippen molar-refractivity contribution in [3.05, 3.63) is 53.2 Å². The molecule has 0 aliphatic heterocycles. The zero-order valence-electron chi connectivity index (χ0n) is 12.1. The summed E-state index contributed by atoms with van der Waals surface area (Å²) in [6.45, 7) is 1.99. The Morgan fingerprint density at radius 2 is 2.18 bits per heavy atom. The molecule has 0 spiro atoms. The molecule has 1 amide bonds. The summed E-state index contributed by atoms with van der Waals surface area (Å²) >= 11 is 1.54. The number of nitrogens with one attached hydrogen (secondary N) is 1. The van der Waals surface area contributed by atoms with Gasteiger partial charge >= 0.3 is 0 Å². The van der Waals surface area contributed by atoms with Crippen LogP contribution in [0, 0.1) is 6.92 Å². The first kappa shape index (κ1) is 14.5. The van der Waals surface area contributed by atoms with Crippen molar-refractivity contribution in [3.63, 3.8) is 0 Å². The molecule has 1 N–H and O–H groups in total. The van der Waals surface area contributed by atoms with E-state index in [0.717, 1.165) is 16.1 Å². The molecule has 2 aromatic heterocycles. The number of nitrogens with zero attached hydrogens (tertiary/aromatic N) is 2. The molecule has 3 rings (SSSR count). The second-order valence-corrected chi connectivity index (χ2v) is 5.84. The van der Waals surface area contributed by atoms with Crippen molar-refractivity contribution in [2.75, 3.05) is 5.32 Å². The Morgan fingerprint density at radius 3 is 2.95 bits per heavy atom. The molecule has 5 nitrogen and oxygen atoms in total. The van der Waals surface area contributed by atoms with Crippen molar-refractivity contribution in [2.45, 2.75) is 19.8 Å². The topological polar surface area (TPSA) is 68.0 Å². The predicted molar refractivity (Wildman–Crippen MR) is 85.7 cm³/mol. The van der Waals surface area contributed by atoms with Crippen molar-refractivity contribution < 1.29 is 9.21 Å². The summed E-state index contributed by atoms with van der Waals surface area (Å²) in [4.78, 5) is 12.9. The number of rotatable bonds is 5. The third-order valence-electron chi connectivity index (χ3n) is 3.07. The molecule has 0 saturated carbocycles. The number of amides is 1. The maximum Gasteiger partial charge on any atom is 0.257 e. The molecule has 22 heavy (non-hydrogen) atoms. The van der Waals surface area contributed by atoms with Gasteiger partial charge in [0.25, 0.3) is 5.89 Å². The van der Waals surface area contributed by atoms with Crippen LogP contribution in [0.25, 0.3) is 10.8 Å². The van der Waals surface area contributed by atoms with E-state index in [0.29, 0.717) is 24.6 Å². The fraction of sp³-hybridized carbons (Fsp3) is 0.188. The molecular formula is C16H15N3O2S. The van der Waals surface area contributed by atoms with Crippen molar-refractivity contribution in [3.8, 4) is 10.8 Å². The van der Waals surface area contributed by atoms with Crippen LogP contribution in [0.3, 0.4) is 0 Å². The molecule has 0 fully saturated rings. The van der Waals surface area contributed by atoms with Gasteiger partial charge in [0, 0.05) is 18.5 Å². The number of hydrogen-bond donors (Lipinski definition) is 1. The summed E-state index contributed by atoms with van der Waals surface area (Å²) in [6, 6.07) is 11.5. The molecule has 2 heterocycles. The summed E-state index contributed by atoms with van der Waals surface area (Å²) < 4.78 is 5.56. The van der Waals surface area contributed by atoms with Gasteiger partial charge in [-0.2, -0.15) is 0 Å². The molecule has 1 aromatic carbocycles. The Balaban J connectivity index is 1.55. The Morgan fingerprint density at radius 1 is 1.27 bits per heavy atom. The number of aromatic nitrogens is 2. The first-order valence-corrected chi connectivity index (χ1v) is 7.81. The average molecular weight is 313 g/mol. The lowest BCUT2D eigenvalue weighted by molar-refractivity contribution is -0.116. The first-order chi connectivity index (χ1) is 10.7. The van der Waals surface area contributed by atoms with Crippen molar-refractivity contribution in [1.82, 2.24) is 10.2 Å². The highest BCUT2D eigenvalue weighted by Crippen LogP contribution is 2.23. The summed E-state index contributed by atoms with van der Waals surface area (Å²) in [5.41, 5.74) is 1.91. The maximum atomic E-state index is 11.9. The highest BCUT2D eigenvalue weighted by molar-refractivity contribution is 7.13. The van der Waals surface area contributed by atoms with Gasteiger partial charge in [0.2, 0.25) is 11.8 Å². The van der Waals surface area contributed by atoms with Gasteiger partial charge < -0.3 is 9.73 Å². The fourth-order valence-electron chi connectivity index (χ4n) is 2.02. The predicted octanol–water partition coefficient (Wildman–Crippen LogP) is 3.68. The van der Waals surface area contributed by atoms with Crippen molar-refractivity contribution >= 4 is 22.9 Å². The van der Waals surface area contributed by atoms with Gasteiger partial charge in [0.05, 0.1) is 4.88 Å². The van der Waals surface area contributed by atoms with Gasteiger partial charge in [0.1, 0.15) is 0 Å². The van der Waals surface area contributed by atoms with E-state index < -0.39 is 0 Å². The van der Waals surface area contributed by atoms with E-state index in [2.05, 4.69) is 15.5 Å². The molecule has 3 aromatic rings. The Bertz CT molecular complexity index is 765. The normalized spacial score (nSPS) is 10.6. The van der Waals surface area contributed by atoms with E-state index in [1.807, 2.05) is 48.7 Å². The van der Waals surface area contributed by atoms with E-state index >= 15 is 0 Å². The Hall–Kier alpha value is -2.47. The highest BCUT2D eigenvalue weighted by Gasteiger charge is 2.11. The average Bonchev–Trinajstić information content (AvgIpc) is 3.16. The van der Waals surface area contributed by atoms with E-state index in [1.165, 1.54) is 0 Å².